The van der Waals surface area contributed by atoms with E-state index in [-0.39, 0.29) is 0 Å². The first-order valence-corrected chi connectivity index (χ1v) is 8.01. The molecule has 1 heterocycles. The van der Waals surface area contributed by atoms with Crippen molar-refractivity contribution in [3.63, 3.8) is 0 Å². The van der Waals surface area contributed by atoms with Gasteiger partial charge in [-0.3, -0.25) is 4.99 Å². The fraction of sp³-hybridized carbons (Fsp3) is 0.350. The van der Waals surface area contributed by atoms with Crippen molar-refractivity contribution in [3.05, 3.63) is 70.8 Å². The van der Waals surface area contributed by atoms with Gasteiger partial charge in [-0.15, -0.1) is 0 Å². The summed E-state index contributed by atoms with van der Waals surface area (Å²) in [6.45, 7) is 7.03. The molecule has 0 atom stereocenters. The van der Waals surface area contributed by atoms with Crippen LogP contribution in [0.2, 0.25) is 0 Å². The Bertz CT molecular complexity index is 622. The topological polar surface area (TPSA) is 21.6 Å². The van der Waals surface area contributed by atoms with Gasteiger partial charge in [0.1, 0.15) is 0 Å². The first-order valence-electron chi connectivity index (χ1n) is 8.01. The Morgan fingerprint density at radius 3 is 1.86 bits per heavy atom. The minimum atomic E-state index is -0.466. The third-order valence-electron chi connectivity index (χ3n) is 4.27. The van der Waals surface area contributed by atoms with E-state index < -0.39 is 5.60 Å². The first kappa shape index (κ1) is 14.8. The third-order valence-corrected chi connectivity index (χ3v) is 4.27. The van der Waals surface area contributed by atoms with E-state index >= 15 is 0 Å². The second-order valence-corrected chi connectivity index (χ2v) is 6.12. The number of nitrogens with zero attached hydrogens (tertiary/aromatic N) is 1. The van der Waals surface area contributed by atoms with Crippen LogP contribution in [0.5, 0.6) is 0 Å². The molecule has 0 bridgehead atoms. The molecule has 2 aromatic rings. The third kappa shape index (κ3) is 2.66. The zero-order chi connectivity index (χ0) is 15.6. The number of ether oxygens (including phenoxy) is 1. The molecule has 0 fully saturated rings. The van der Waals surface area contributed by atoms with Gasteiger partial charge in [-0.2, -0.15) is 0 Å². The van der Waals surface area contributed by atoms with Crippen LogP contribution in [0.25, 0.3) is 0 Å². The molecule has 0 aliphatic carbocycles. The van der Waals surface area contributed by atoms with Crippen molar-refractivity contribution >= 4 is 5.90 Å². The molecule has 1 aliphatic heterocycles. The van der Waals surface area contributed by atoms with Crippen LogP contribution in [0.15, 0.2) is 53.5 Å². The highest BCUT2D eigenvalue weighted by Gasteiger charge is 2.41. The molecule has 2 nitrogen and oxygen atoms in total. The van der Waals surface area contributed by atoms with Crippen molar-refractivity contribution in [3.8, 4) is 0 Å². The fourth-order valence-electron chi connectivity index (χ4n) is 2.92. The SMILES string of the molecule is CCCC1=NCC(c2ccc(C)cc2)(c2ccc(C)cc2)O1. The normalized spacial score (nSPS) is 16.2. The lowest BCUT2D eigenvalue weighted by molar-refractivity contribution is 0.128. The van der Waals surface area contributed by atoms with E-state index in [4.69, 9.17) is 4.74 Å². The lowest BCUT2D eigenvalue weighted by Crippen LogP contribution is -2.32. The fourth-order valence-corrected chi connectivity index (χ4v) is 2.92. The van der Waals surface area contributed by atoms with E-state index in [1.54, 1.807) is 0 Å². The average Bonchev–Trinajstić information content (AvgIpc) is 2.94. The van der Waals surface area contributed by atoms with Crippen molar-refractivity contribution in [2.24, 2.45) is 4.99 Å². The molecule has 2 heteroatoms. The number of benzene rings is 2. The molecule has 1 aliphatic rings. The van der Waals surface area contributed by atoms with Gasteiger partial charge in [-0.05, 0) is 20.3 Å². The molecule has 3 rings (SSSR count). The van der Waals surface area contributed by atoms with E-state index in [1.165, 1.54) is 22.3 Å². The molecular formula is C20H23NO. The minimum Gasteiger partial charge on any atom is -0.463 e. The number of hydrogen-bond acceptors (Lipinski definition) is 2. The summed E-state index contributed by atoms with van der Waals surface area (Å²) in [6, 6.07) is 17.2. The maximum absolute atomic E-state index is 6.39. The molecule has 0 saturated heterocycles. The molecule has 0 spiro atoms. The molecule has 2 aromatic carbocycles. The monoisotopic (exact) mass is 293 g/mol. The summed E-state index contributed by atoms with van der Waals surface area (Å²) in [7, 11) is 0. The van der Waals surface area contributed by atoms with Crippen molar-refractivity contribution in [2.75, 3.05) is 6.54 Å². The highest BCUT2D eigenvalue weighted by Crippen LogP contribution is 2.38. The predicted octanol–water partition coefficient (Wildman–Crippen LogP) is 4.78. The quantitative estimate of drug-likeness (QED) is 0.795. The van der Waals surface area contributed by atoms with Gasteiger partial charge >= 0.3 is 0 Å². The molecule has 0 amide bonds. The van der Waals surface area contributed by atoms with Crippen molar-refractivity contribution in [1.29, 1.82) is 0 Å². The summed E-state index contributed by atoms with van der Waals surface area (Å²) >= 11 is 0. The summed E-state index contributed by atoms with van der Waals surface area (Å²) in [6.07, 6.45) is 1.95. The van der Waals surface area contributed by atoms with Crippen LogP contribution in [-0.4, -0.2) is 12.4 Å². The van der Waals surface area contributed by atoms with E-state index in [1.807, 2.05) is 0 Å². The maximum atomic E-state index is 6.39. The smallest absolute Gasteiger partial charge is 0.185 e. The molecular weight excluding hydrogens is 270 g/mol. The predicted molar refractivity (Wildman–Crippen MR) is 91.4 cm³/mol. The van der Waals surface area contributed by atoms with Crippen LogP contribution in [0.3, 0.4) is 0 Å². The summed E-state index contributed by atoms with van der Waals surface area (Å²) in [5, 5.41) is 0. The largest absolute Gasteiger partial charge is 0.463 e. The molecule has 0 saturated carbocycles. The van der Waals surface area contributed by atoms with Crippen molar-refractivity contribution < 1.29 is 4.74 Å². The van der Waals surface area contributed by atoms with Gasteiger partial charge in [-0.1, -0.05) is 66.6 Å². The summed E-state index contributed by atoms with van der Waals surface area (Å²) in [4.78, 5) is 4.67. The van der Waals surface area contributed by atoms with Gasteiger partial charge in [0.15, 0.2) is 11.5 Å². The van der Waals surface area contributed by atoms with E-state index in [9.17, 15) is 0 Å². The Labute approximate surface area is 132 Å². The molecule has 0 N–H and O–H groups in total. The van der Waals surface area contributed by atoms with Gasteiger partial charge in [-0.25, -0.2) is 0 Å². The Morgan fingerprint density at radius 1 is 0.909 bits per heavy atom. The number of hydrogen-bond donors (Lipinski definition) is 0. The summed E-state index contributed by atoms with van der Waals surface area (Å²) < 4.78 is 6.39. The Hall–Kier alpha value is -2.09. The summed E-state index contributed by atoms with van der Waals surface area (Å²) in [5.74, 6) is 0.878. The lowest BCUT2D eigenvalue weighted by atomic mass is 9.85. The van der Waals surface area contributed by atoms with Crippen LogP contribution >= 0.6 is 0 Å². The number of aliphatic imine (C=N–C) groups is 1. The zero-order valence-electron chi connectivity index (χ0n) is 13.6. The molecule has 0 radical (unpaired) electrons. The van der Waals surface area contributed by atoms with E-state index in [2.05, 4.69) is 74.3 Å². The van der Waals surface area contributed by atoms with E-state index in [0.29, 0.717) is 6.54 Å². The summed E-state index contributed by atoms with van der Waals surface area (Å²) in [5.41, 5.74) is 4.41. The number of aryl methyl sites for hydroxylation is 2. The number of rotatable bonds is 4. The standard InChI is InChI=1S/C20H23NO/c1-4-5-19-21-14-20(22-19,17-10-6-15(2)7-11-17)18-12-8-16(3)9-13-18/h6-13H,4-5,14H2,1-3H3. The van der Waals surface area contributed by atoms with Crippen LogP contribution in [0, 0.1) is 13.8 Å². The van der Waals surface area contributed by atoms with Crippen LogP contribution in [-0.2, 0) is 10.3 Å². The van der Waals surface area contributed by atoms with Gasteiger partial charge < -0.3 is 4.74 Å². The van der Waals surface area contributed by atoms with Gasteiger partial charge in [0.2, 0.25) is 0 Å². The van der Waals surface area contributed by atoms with Crippen LogP contribution in [0.4, 0.5) is 0 Å². The molecule has 114 valence electrons. The highest BCUT2D eigenvalue weighted by molar-refractivity contribution is 5.79. The Kier molecular flexibility index (Phi) is 4.02. The zero-order valence-corrected chi connectivity index (χ0v) is 13.6. The van der Waals surface area contributed by atoms with Gasteiger partial charge in [0.05, 0.1) is 6.54 Å². The second-order valence-electron chi connectivity index (χ2n) is 6.12. The minimum absolute atomic E-state index is 0.466. The van der Waals surface area contributed by atoms with Gasteiger partial charge in [0, 0.05) is 17.5 Å². The lowest BCUT2D eigenvalue weighted by Gasteiger charge is -2.30. The average molecular weight is 293 g/mol. The van der Waals surface area contributed by atoms with Gasteiger partial charge in [0.25, 0.3) is 0 Å². The van der Waals surface area contributed by atoms with E-state index in [0.717, 1.165) is 18.7 Å². The Balaban J connectivity index is 2.04. The molecule has 0 aromatic heterocycles. The molecule has 0 unspecified atom stereocenters. The highest BCUT2D eigenvalue weighted by atomic mass is 16.5. The van der Waals surface area contributed by atoms with Crippen molar-refractivity contribution in [2.45, 2.75) is 39.2 Å². The second kappa shape index (κ2) is 5.96. The van der Waals surface area contributed by atoms with Crippen molar-refractivity contribution in [1.82, 2.24) is 0 Å². The maximum Gasteiger partial charge on any atom is 0.185 e. The molecule has 22 heavy (non-hydrogen) atoms. The first-order chi connectivity index (χ1) is 10.6. The Morgan fingerprint density at radius 2 is 1.41 bits per heavy atom. The van der Waals surface area contributed by atoms with Crippen LogP contribution < -0.4 is 0 Å². The van der Waals surface area contributed by atoms with Crippen LogP contribution in [0.1, 0.15) is 42.0 Å².